The van der Waals surface area contributed by atoms with Crippen molar-refractivity contribution in [1.29, 1.82) is 0 Å². The minimum Gasteiger partial charge on any atom is -0.475 e. The molecule has 0 saturated carbocycles. The number of carboxylic acids is 1. The number of hydrogen-bond acceptors (Lipinski definition) is 1. The molecule has 0 aromatic heterocycles. The van der Waals surface area contributed by atoms with Crippen LogP contribution in [0.15, 0.2) is 0 Å². The molecule has 0 bridgehead atoms. The smallest absolute Gasteiger partial charge is 0.475 e. The van der Waals surface area contributed by atoms with Crippen molar-refractivity contribution in [2.75, 3.05) is 0 Å². The second-order valence-corrected chi connectivity index (χ2v) is 0.803. The van der Waals surface area contributed by atoms with E-state index in [4.69, 9.17) is 9.90 Å². The van der Waals surface area contributed by atoms with Crippen LogP contribution in [-0.4, -0.2) is 17.3 Å². The van der Waals surface area contributed by atoms with Crippen molar-refractivity contribution in [2.24, 2.45) is 0 Å². The van der Waals surface area contributed by atoms with Gasteiger partial charge in [-0.2, -0.15) is 13.2 Å². The molecule has 0 rings (SSSR count). The molecule has 0 fully saturated rings. The molecule has 6 heteroatoms. The standard InChI is InChI=1S/C2HF3O2.2CH3.Au/c3-2(4,5)1(6)7;;;/h(H,6,7);2*1H3;/q;2*-1;. The van der Waals surface area contributed by atoms with Gasteiger partial charge in [-0.05, 0) is 0 Å². The van der Waals surface area contributed by atoms with Gasteiger partial charge in [-0.15, -0.1) is 0 Å². The van der Waals surface area contributed by atoms with Gasteiger partial charge in [0, 0.05) is 22.4 Å². The molecule has 10 heavy (non-hydrogen) atoms. The van der Waals surface area contributed by atoms with Gasteiger partial charge in [0.15, 0.2) is 0 Å². The van der Waals surface area contributed by atoms with E-state index in [1.54, 1.807) is 0 Å². The van der Waals surface area contributed by atoms with Crippen molar-refractivity contribution >= 4 is 5.97 Å². The normalized spacial score (nSPS) is 7.90. The van der Waals surface area contributed by atoms with Gasteiger partial charge in [-0.1, -0.05) is 0 Å². The number of alkyl halides is 3. The summed E-state index contributed by atoms with van der Waals surface area (Å²) in [5.41, 5.74) is 0. The van der Waals surface area contributed by atoms with E-state index in [-0.39, 0.29) is 37.2 Å². The molecule has 0 amide bonds. The maximum atomic E-state index is 10.6. The molecular formula is C4H7AuF3O2-2. The predicted molar refractivity (Wildman–Crippen MR) is 26.5 cm³/mol. The molecule has 0 heterocycles. The molecule has 0 aliphatic carbocycles. The van der Waals surface area contributed by atoms with Crippen LogP contribution in [0.3, 0.4) is 0 Å². The maximum Gasteiger partial charge on any atom is 0.490 e. The summed E-state index contributed by atoms with van der Waals surface area (Å²) in [7, 11) is 0. The van der Waals surface area contributed by atoms with E-state index in [1.165, 1.54) is 0 Å². The molecule has 0 aliphatic heterocycles. The van der Waals surface area contributed by atoms with E-state index in [0.29, 0.717) is 0 Å². The van der Waals surface area contributed by atoms with Gasteiger partial charge in [0.2, 0.25) is 0 Å². The van der Waals surface area contributed by atoms with Crippen molar-refractivity contribution in [3.8, 4) is 0 Å². The van der Waals surface area contributed by atoms with Gasteiger partial charge in [0.05, 0.1) is 0 Å². The Balaban J connectivity index is -0.0000000600. The Morgan fingerprint density at radius 3 is 1.30 bits per heavy atom. The van der Waals surface area contributed by atoms with Crippen LogP contribution in [0, 0.1) is 14.9 Å². The second-order valence-electron chi connectivity index (χ2n) is 0.803. The first-order valence-electron chi connectivity index (χ1n) is 1.24. The third-order valence-corrected chi connectivity index (χ3v) is 0.243. The first-order chi connectivity index (χ1) is 2.94. The molecule has 1 radical (unpaired) electrons. The zero-order valence-electron chi connectivity index (χ0n) is 5.29. The maximum absolute atomic E-state index is 10.6. The predicted octanol–water partition coefficient (Wildman–Crippen LogP) is 1.53. The van der Waals surface area contributed by atoms with Crippen molar-refractivity contribution in [2.45, 2.75) is 6.18 Å². The van der Waals surface area contributed by atoms with E-state index >= 15 is 0 Å². The monoisotopic (exact) mass is 341 g/mol. The Labute approximate surface area is 72.9 Å². The summed E-state index contributed by atoms with van der Waals surface area (Å²) in [6.45, 7) is 0. The Morgan fingerprint density at radius 2 is 1.30 bits per heavy atom. The van der Waals surface area contributed by atoms with Crippen LogP contribution in [0.2, 0.25) is 0 Å². The van der Waals surface area contributed by atoms with Crippen LogP contribution in [0.25, 0.3) is 0 Å². The molecule has 0 unspecified atom stereocenters. The summed E-state index contributed by atoms with van der Waals surface area (Å²) in [6, 6.07) is 0. The number of aliphatic carboxylic acids is 1. The van der Waals surface area contributed by atoms with Gasteiger partial charge in [-0.25, -0.2) is 4.79 Å². The number of rotatable bonds is 0. The number of hydrogen-bond donors (Lipinski definition) is 1. The molecule has 0 spiro atoms. The van der Waals surface area contributed by atoms with Crippen LogP contribution in [0.1, 0.15) is 0 Å². The summed E-state index contributed by atoms with van der Waals surface area (Å²) in [4.78, 5) is 8.90. The fraction of sp³-hybridized carbons (Fsp3) is 0.250. The van der Waals surface area contributed by atoms with E-state index in [0.717, 1.165) is 0 Å². The van der Waals surface area contributed by atoms with Crippen LogP contribution < -0.4 is 0 Å². The van der Waals surface area contributed by atoms with Gasteiger partial charge in [-0.3, -0.25) is 0 Å². The van der Waals surface area contributed by atoms with Crippen LogP contribution in [-0.2, 0) is 27.2 Å². The summed E-state index contributed by atoms with van der Waals surface area (Å²) in [6.07, 6.45) is -5.08. The fourth-order valence-corrected chi connectivity index (χ4v) is 0. The van der Waals surface area contributed by atoms with Crippen molar-refractivity contribution in [1.82, 2.24) is 0 Å². The van der Waals surface area contributed by atoms with Crippen LogP contribution in [0.4, 0.5) is 13.2 Å². The summed E-state index contributed by atoms with van der Waals surface area (Å²) < 4.78 is 31.7. The van der Waals surface area contributed by atoms with Crippen molar-refractivity contribution < 1.29 is 45.5 Å². The van der Waals surface area contributed by atoms with Gasteiger partial charge in [0.25, 0.3) is 0 Å². The summed E-state index contributed by atoms with van der Waals surface area (Å²) >= 11 is 0. The Kier molecular flexibility index (Phi) is 16.0. The third kappa shape index (κ3) is 10.9. The van der Waals surface area contributed by atoms with Gasteiger partial charge in [0.1, 0.15) is 0 Å². The molecular weight excluding hydrogens is 334 g/mol. The largest absolute Gasteiger partial charge is 0.490 e. The first kappa shape index (κ1) is 22.5. The fourth-order valence-electron chi connectivity index (χ4n) is 0. The zero-order valence-corrected chi connectivity index (χ0v) is 7.46. The van der Waals surface area contributed by atoms with E-state index in [9.17, 15) is 13.2 Å². The Morgan fingerprint density at radius 1 is 1.20 bits per heavy atom. The van der Waals surface area contributed by atoms with E-state index in [2.05, 4.69) is 0 Å². The number of halogens is 3. The quantitative estimate of drug-likeness (QED) is 0.536. The molecule has 2 nitrogen and oxygen atoms in total. The summed E-state index contributed by atoms with van der Waals surface area (Å²) in [5.74, 6) is -2.76. The van der Waals surface area contributed by atoms with E-state index < -0.39 is 12.1 Å². The second kappa shape index (κ2) is 7.11. The zero-order chi connectivity index (χ0) is 6.08. The van der Waals surface area contributed by atoms with Gasteiger partial charge < -0.3 is 20.0 Å². The van der Waals surface area contributed by atoms with Gasteiger partial charge >= 0.3 is 12.1 Å². The average molecular weight is 341 g/mol. The van der Waals surface area contributed by atoms with E-state index in [1.807, 2.05) is 0 Å². The third-order valence-electron chi connectivity index (χ3n) is 0.243. The van der Waals surface area contributed by atoms with Crippen molar-refractivity contribution in [3.63, 3.8) is 0 Å². The minimum absolute atomic E-state index is 0. The average Bonchev–Trinajstić information content (AvgIpc) is 1.31. The number of carboxylic acid groups (broad SMARTS) is 1. The Bertz CT molecular complexity index is 91.0. The molecule has 0 aliphatic rings. The van der Waals surface area contributed by atoms with Crippen LogP contribution in [0.5, 0.6) is 0 Å². The molecule has 0 atom stereocenters. The molecule has 0 aromatic carbocycles. The molecule has 0 aromatic rings. The topological polar surface area (TPSA) is 37.3 Å². The number of carbonyl (C=O) groups is 1. The summed E-state index contributed by atoms with van der Waals surface area (Å²) in [5, 5.41) is 7.12. The van der Waals surface area contributed by atoms with Crippen molar-refractivity contribution in [3.05, 3.63) is 14.9 Å². The molecule has 0 saturated heterocycles. The van der Waals surface area contributed by atoms with Crippen LogP contribution >= 0.6 is 0 Å². The first-order valence-corrected chi connectivity index (χ1v) is 1.24. The molecule has 1 N–H and O–H groups in total. The molecule has 69 valence electrons. The SMILES string of the molecule is O=C(O)C(F)(F)F.[Au].[CH3-].[CH3-]. The Hall–Kier alpha value is 0.000260. The minimum atomic E-state index is -5.08.